The molecule has 3 nitrogen and oxygen atoms in total. The van der Waals surface area contributed by atoms with E-state index < -0.39 is 0 Å². The molecule has 0 saturated heterocycles. The van der Waals surface area contributed by atoms with Gasteiger partial charge < -0.3 is 5.32 Å². The number of carbonyl (C=O) groups excluding carboxylic acids is 1. The lowest BCUT2D eigenvalue weighted by molar-refractivity contribution is -0.120. The number of hydrogen-bond acceptors (Lipinski definition) is 4. The Labute approximate surface area is 140 Å². The topological polar surface area (TPSA) is 42.0 Å². The number of aryl methyl sites for hydroxylation is 2. The molecule has 1 aromatic carbocycles. The smallest absolute Gasteiger partial charge is 0.226 e. The molecule has 1 N–H and O–H groups in total. The summed E-state index contributed by atoms with van der Waals surface area (Å²) >= 11 is 3.50. The van der Waals surface area contributed by atoms with Crippen molar-refractivity contribution in [2.24, 2.45) is 0 Å². The van der Waals surface area contributed by atoms with Crippen LogP contribution in [0.2, 0.25) is 0 Å². The van der Waals surface area contributed by atoms with E-state index in [1.54, 1.807) is 11.3 Å². The van der Waals surface area contributed by atoms with Crippen LogP contribution in [0.3, 0.4) is 0 Å². The first-order valence-electron chi connectivity index (χ1n) is 7.45. The minimum absolute atomic E-state index is 0.0641. The second-order valence-electron chi connectivity index (χ2n) is 5.22. The summed E-state index contributed by atoms with van der Waals surface area (Å²) < 4.78 is 0. The van der Waals surface area contributed by atoms with E-state index >= 15 is 0 Å². The lowest BCUT2D eigenvalue weighted by atomic mass is 10.1. The Morgan fingerprint density at radius 2 is 2.14 bits per heavy atom. The van der Waals surface area contributed by atoms with Crippen LogP contribution in [0.1, 0.15) is 28.2 Å². The average molecular weight is 335 g/mol. The Kier molecular flexibility index (Phi) is 6.93. The van der Waals surface area contributed by atoms with Gasteiger partial charge in [-0.1, -0.05) is 24.3 Å². The normalized spacial score (nSPS) is 10.6. The van der Waals surface area contributed by atoms with Crippen molar-refractivity contribution in [3.8, 4) is 0 Å². The Morgan fingerprint density at radius 1 is 1.32 bits per heavy atom. The Morgan fingerprint density at radius 3 is 2.86 bits per heavy atom. The molecule has 0 radical (unpaired) electrons. The molecule has 1 amide bonds. The van der Waals surface area contributed by atoms with Crippen molar-refractivity contribution in [3.63, 3.8) is 0 Å². The molecule has 5 heteroatoms. The molecule has 118 valence electrons. The van der Waals surface area contributed by atoms with Gasteiger partial charge in [-0.25, -0.2) is 4.98 Å². The molecule has 0 saturated carbocycles. The molecular weight excluding hydrogens is 312 g/mol. The summed E-state index contributed by atoms with van der Waals surface area (Å²) in [6, 6.07) is 8.49. The zero-order valence-corrected chi connectivity index (χ0v) is 14.7. The third kappa shape index (κ3) is 5.81. The largest absolute Gasteiger partial charge is 0.356 e. The van der Waals surface area contributed by atoms with Crippen molar-refractivity contribution in [3.05, 3.63) is 51.5 Å². The Bertz CT molecular complexity index is 610. The van der Waals surface area contributed by atoms with Crippen molar-refractivity contribution in [1.82, 2.24) is 10.3 Å². The van der Waals surface area contributed by atoms with Gasteiger partial charge in [-0.15, -0.1) is 11.3 Å². The molecule has 0 aliphatic rings. The van der Waals surface area contributed by atoms with Crippen LogP contribution < -0.4 is 5.32 Å². The molecule has 0 atom stereocenters. The van der Waals surface area contributed by atoms with Gasteiger partial charge in [0.25, 0.3) is 0 Å². The number of nitrogens with one attached hydrogen (secondary N) is 1. The Balaban J connectivity index is 1.55. The molecule has 22 heavy (non-hydrogen) atoms. The number of benzene rings is 1. The highest BCUT2D eigenvalue weighted by molar-refractivity contribution is 7.98. The number of thiazole rings is 1. The van der Waals surface area contributed by atoms with E-state index in [0.29, 0.717) is 6.42 Å². The minimum atomic E-state index is 0.0641. The van der Waals surface area contributed by atoms with Gasteiger partial charge in [-0.3, -0.25) is 4.79 Å². The Hall–Kier alpha value is -1.33. The molecule has 0 fully saturated rings. The van der Waals surface area contributed by atoms with Crippen LogP contribution in [0.15, 0.2) is 29.6 Å². The van der Waals surface area contributed by atoms with Crippen LogP contribution >= 0.6 is 23.1 Å². The van der Waals surface area contributed by atoms with E-state index in [9.17, 15) is 4.79 Å². The van der Waals surface area contributed by atoms with Gasteiger partial charge in [0, 0.05) is 17.7 Å². The number of rotatable bonds is 8. The van der Waals surface area contributed by atoms with Gasteiger partial charge in [0.2, 0.25) is 5.91 Å². The van der Waals surface area contributed by atoms with E-state index in [4.69, 9.17) is 0 Å². The van der Waals surface area contributed by atoms with Crippen LogP contribution in [0.25, 0.3) is 0 Å². The van der Waals surface area contributed by atoms with Crippen molar-refractivity contribution in [2.75, 3.05) is 12.3 Å². The first-order chi connectivity index (χ1) is 10.6. The number of carbonyl (C=O) groups is 1. The second-order valence-corrected chi connectivity index (χ2v) is 7.38. The number of nitrogens with zero attached hydrogens (tertiary/aromatic N) is 1. The maximum absolute atomic E-state index is 11.8. The summed E-state index contributed by atoms with van der Waals surface area (Å²) in [4.78, 5) is 16.1. The zero-order valence-electron chi connectivity index (χ0n) is 13.1. The second kappa shape index (κ2) is 8.96. The summed E-state index contributed by atoms with van der Waals surface area (Å²) in [5.41, 5.74) is 3.62. The number of amides is 1. The highest BCUT2D eigenvalue weighted by Gasteiger charge is 2.05. The van der Waals surface area contributed by atoms with Gasteiger partial charge in [-0.05, 0) is 37.1 Å². The molecule has 1 heterocycles. The molecular formula is C17H22N2OS2. The first-order valence-corrected chi connectivity index (χ1v) is 9.48. The van der Waals surface area contributed by atoms with E-state index in [0.717, 1.165) is 35.2 Å². The summed E-state index contributed by atoms with van der Waals surface area (Å²) in [6.45, 7) is 4.84. The van der Waals surface area contributed by atoms with Crippen molar-refractivity contribution >= 4 is 29.0 Å². The van der Waals surface area contributed by atoms with Crippen molar-refractivity contribution in [1.29, 1.82) is 0 Å². The fourth-order valence-electron chi connectivity index (χ4n) is 2.07. The third-order valence-electron chi connectivity index (χ3n) is 3.31. The van der Waals surface area contributed by atoms with Gasteiger partial charge in [0.05, 0.1) is 17.1 Å². The lowest BCUT2D eigenvalue weighted by Crippen LogP contribution is -2.26. The van der Waals surface area contributed by atoms with E-state index in [1.165, 1.54) is 11.1 Å². The van der Waals surface area contributed by atoms with Crippen molar-refractivity contribution in [2.45, 2.75) is 32.4 Å². The predicted molar refractivity (Wildman–Crippen MR) is 95.5 cm³/mol. The molecule has 0 aliphatic carbocycles. The number of thioether (sulfide) groups is 1. The standard InChI is InChI=1S/C17H22N2OS2/c1-13-6-3-4-7-15(13)11-21-9-5-8-18-17(20)10-16-12-22-14(2)19-16/h3-4,6-7,12H,5,8-11H2,1-2H3,(H,18,20). The molecule has 0 unspecified atom stereocenters. The van der Waals surface area contributed by atoms with E-state index in [-0.39, 0.29) is 5.91 Å². The fourth-order valence-corrected chi connectivity index (χ4v) is 3.72. The van der Waals surface area contributed by atoms with Crippen LogP contribution in [0.5, 0.6) is 0 Å². The number of aromatic nitrogens is 1. The number of hydrogen-bond donors (Lipinski definition) is 1. The van der Waals surface area contributed by atoms with Crippen LogP contribution in [0.4, 0.5) is 0 Å². The SMILES string of the molecule is Cc1nc(CC(=O)NCCCSCc2ccccc2C)cs1. The zero-order chi connectivity index (χ0) is 15.8. The van der Waals surface area contributed by atoms with E-state index in [1.807, 2.05) is 24.1 Å². The van der Waals surface area contributed by atoms with Gasteiger partial charge >= 0.3 is 0 Å². The monoisotopic (exact) mass is 334 g/mol. The third-order valence-corrected chi connectivity index (χ3v) is 5.23. The lowest BCUT2D eigenvalue weighted by Gasteiger charge is -2.06. The fraction of sp³-hybridized carbons (Fsp3) is 0.412. The van der Waals surface area contributed by atoms with Crippen LogP contribution in [0, 0.1) is 13.8 Å². The molecule has 1 aromatic heterocycles. The predicted octanol–water partition coefficient (Wildman–Crippen LogP) is 3.74. The summed E-state index contributed by atoms with van der Waals surface area (Å²) in [5, 5.41) is 5.92. The minimum Gasteiger partial charge on any atom is -0.356 e. The summed E-state index contributed by atoms with van der Waals surface area (Å²) in [7, 11) is 0. The van der Waals surface area contributed by atoms with Crippen LogP contribution in [-0.2, 0) is 17.0 Å². The van der Waals surface area contributed by atoms with Gasteiger partial charge in [0.15, 0.2) is 0 Å². The molecule has 2 aromatic rings. The van der Waals surface area contributed by atoms with Crippen LogP contribution in [-0.4, -0.2) is 23.2 Å². The van der Waals surface area contributed by atoms with Gasteiger partial charge in [-0.2, -0.15) is 11.8 Å². The highest BCUT2D eigenvalue weighted by atomic mass is 32.2. The highest BCUT2D eigenvalue weighted by Crippen LogP contribution is 2.16. The van der Waals surface area contributed by atoms with Gasteiger partial charge in [0.1, 0.15) is 0 Å². The molecule has 0 spiro atoms. The summed E-state index contributed by atoms with van der Waals surface area (Å²) in [5.74, 6) is 2.16. The quantitative estimate of drug-likeness (QED) is 0.748. The first kappa shape index (κ1) is 17.0. The summed E-state index contributed by atoms with van der Waals surface area (Å²) in [6.07, 6.45) is 1.39. The maximum atomic E-state index is 11.8. The molecule has 0 aliphatic heterocycles. The molecule has 0 bridgehead atoms. The molecule has 2 rings (SSSR count). The van der Waals surface area contributed by atoms with E-state index in [2.05, 4.69) is 41.5 Å². The van der Waals surface area contributed by atoms with Crippen molar-refractivity contribution < 1.29 is 4.79 Å². The average Bonchev–Trinajstić information content (AvgIpc) is 2.89. The maximum Gasteiger partial charge on any atom is 0.226 e.